The molecule has 0 fully saturated rings. The summed E-state index contributed by atoms with van der Waals surface area (Å²) in [5.41, 5.74) is 0. The lowest BCUT2D eigenvalue weighted by Crippen LogP contribution is -2.10. The van der Waals surface area contributed by atoms with Gasteiger partial charge in [-0.25, -0.2) is 9.97 Å². The molecule has 74 valence electrons. The summed E-state index contributed by atoms with van der Waals surface area (Å²) in [6.45, 7) is 0.892. The number of hydrogen-bond donors (Lipinski definition) is 1. The molecule has 1 aliphatic heterocycles. The molecule has 0 radical (unpaired) electrons. The van der Waals surface area contributed by atoms with E-state index < -0.39 is 0 Å². The minimum atomic E-state index is 0.599. The number of anilines is 1. The number of alkyl halides is 1. The van der Waals surface area contributed by atoms with Crippen LogP contribution in [0, 0.1) is 0 Å². The fraction of sp³-hybridized carbons (Fsp3) is 0.375. The summed E-state index contributed by atoms with van der Waals surface area (Å²) in [4.78, 5) is 12.5. The van der Waals surface area contributed by atoms with Crippen molar-refractivity contribution < 1.29 is 0 Å². The second kappa shape index (κ2) is 4.92. The lowest BCUT2D eigenvalue weighted by molar-refractivity contribution is 0.998. The monoisotopic (exact) mass is 320 g/mol. The molecule has 14 heavy (non-hydrogen) atoms. The van der Waals surface area contributed by atoms with Crippen molar-refractivity contribution in [3.63, 3.8) is 0 Å². The SMILES string of the molecule is IC[C@H]1CN=C(Nc2ncccn2)S1. The Morgan fingerprint density at radius 2 is 2.29 bits per heavy atom. The second-order valence-electron chi connectivity index (χ2n) is 2.74. The highest BCUT2D eigenvalue weighted by atomic mass is 127. The third-order valence-electron chi connectivity index (χ3n) is 1.67. The highest BCUT2D eigenvalue weighted by Crippen LogP contribution is 2.22. The number of amidine groups is 1. The van der Waals surface area contributed by atoms with Crippen LogP contribution in [0.15, 0.2) is 23.5 Å². The van der Waals surface area contributed by atoms with Crippen molar-refractivity contribution in [1.82, 2.24) is 9.97 Å². The molecule has 1 atom stereocenters. The largest absolute Gasteiger partial charge is 0.304 e. The number of aromatic nitrogens is 2. The van der Waals surface area contributed by atoms with Gasteiger partial charge >= 0.3 is 0 Å². The average Bonchev–Trinajstić information content (AvgIpc) is 2.67. The van der Waals surface area contributed by atoms with E-state index in [1.165, 1.54) is 0 Å². The molecule has 0 unspecified atom stereocenters. The molecule has 0 aliphatic carbocycles. The molecule has 0 saturated carbocycles. The Labute approximate surface area is 100 Å². The maximum absolute atomic E-state index is 4.37. The van der Waals surface area contributed by atoms with E-state index in [9.17, 15) is 0 Å². The molecular weight excluding hydrogens is 311 g/mol. The number of nitrogens with zero attached hydrogens (tertiary/aromatic N) is 3. The Hall–Kier alpha value is -0.370. The summed E-state index contributed by atoms with van der Waals surface area (Å²) >= 11 is 4.13. The molecule has 6 heteroatoms. The maximum atomic E-state index is 4.37. The standard InChI is InChI=1S/C8H9IN4S/c9-4-6-5-12-8(14-6)13-7-10-2-1-3-11-7/h1-3,6H,4-5H2,(H,10,11,12,13)/t6-/m0/s1. The molecule has 0 spiro atoms. The maximum Gasteiger partial charge on any atom is 0.228 e. The van der Waals surface area contributed by atoms with Crippen molar-refractivity contribution in [2.75, 3.05) is 16.3 Å². The first kappa shape index (κ1) is 10.2. The fourth-order valence-corrected chi connectivity index (χ4v) is 2.67. The molecule has 0 saturated heterocycles. The van der Waals surface area contributed by atoms with Crippen LogP contribution in [0.5, 0.6) is 0 Å². The van der Waals surface area contributed by atoms with Gasteiger partial charge in [0.25, 0.3) is 0 Å². The summed E-state index contributed by atoms with van der Waals surface area (Å²) in [7, 11) is 0. The Balaban J connectivity index is 1.94. The van der Waals surface area contributed by atoms with Crippen molar-refractivity contribution in [1.29, 1.82) is 0 Å². The Kier molecular flexibility index (Phi) is 3.57. The molecule has 0 amide bonds. The van der Waals surface area contributed by atoms with Crippen LogP contribution in [0.25, 0.3) is 0 Å². The molecule has 1 N–H and O–H groups in total. The first-order valence-corrected chi connectivity index (χ1v) is 6.60. The number of nitrogens with one attached hydrogen (secondary N) is 1. The van der Waals surface area contributed by atoms with E-state index in [1.807, 2.05) is 0 Å². The second-order valence-corrected chi connectivity index (χ2v) is 4.91. The van der Waals surface area contributed by atoms with Crippen molar-refractivity contribution in [3.8, 4) is 0 Å². The van der Waals surface area contributed by atoms with Gasteiger partial charge in [0.05, 0.1) is 6.54 Å². The molecule has 0 bridgehead atoms. The highest BCUT2D eigenvalue weighted by molar-refractivity contribution is 14.1. The van der Waals surface area contributed by atoms with E-state index in [0.717, 1.165) is 16.1 Å². The third kappa shape index (κ3) is 2.57. The van der Waals surface area contributed by atoms with E-state index in [-0.39, 0.29) is 0 Å². The number of aliphatic imine (C=N–C) groups is 1. The Bertz CT molecular complexity index is 329. The lowest BCUT2D eigenvalue weighted by atomic mass is 10.5. The van der Waals surface area contributed by atoms with E-state index >= 15 is 0 Å². The van der Waals surface area contributed by atoms with Crippen molar-refractivity contribution >= 4 is 45.5 Å². The van der Waals surface area contributed by atoms with Gasteiger partial charge in [0.2, 0.25) is 5.95 Å². The van der Waals surface area contributed by atoms with Gasteiger partial charge in [-0.1, -0.05) is 34.4 Å². The fourth-order valence-electron chi connectivity index (χ4n) is 1.03. The first-order valence-electron chi connectivity index (χ1n) is 4.19. The summed E-state index contributed by atoms with van der Waals surface area (Å²) in [6.07, 6.45) is 3.43. The van der Waals surface area contributed by atoms with Gasteiger partial charge in [0, 0.05) is 22.1 Å². The quantitative estimate of drug-likeness (QED) is 0.667. The van der Waals surface area contributed by atoms with Crippen LogP contribution in [0.2, 0.25) is 0 Å². The molecule has 2 heterocycles. The number of halogens is 1. The number of rotatable bonds is 2. The van der Waals surface area contributed by atoms with Crippen molar-refractivity contribution in [2.24, 2.45) is 4.99 Å². The predicted molar refractivity (Wildman–Crippen MR) is 68.2 cm³/mol. The minimum Gasteiger partial charge on any atom is -0.304 e. The van der Waals surface area contributed by atoms with Crippen LogP contribution in [0.4, 0.5) is 5.95 Å². The number of hydrogen-bond acceptors (Lipinski definition) is 5. The van der Waals surface area contributed by atoms with E-state index in [4.69, 9.17) is 0 Å². The van der Waals surface area contributed by atoms with Crippen LogP contribution in [0.1, 0.15) is 0 Å². The topological polar surface area (TPSA) is 50.2 Å². The zero-order chi connectivity index (χ0) is 9.80. The predicted octanol–water partition coefficient (Wildman–Crippen LogP) is 1.79. The van der Waals surface area contributed by atoms with E-state index in [2.05, 4.69) is 42.9 Å². The van der Waals surface area contributed by atoms with Gasteiger partial charge in [-0.05, 0) is 6.07 Å². The van der Waals surface area contributed by atoms with E-state index in [0.29, 0.717) is 11.2 Å². The molecule has 4 nitrogen and oxygen atoms in total. The molecule has 0 aromatic carbocycles. The summed E-state index contributed by atoms with van der Waals surface area (Å²) < 4.78 is 1.12. The van der Waals surface area contributed by atoms with Crippen molar-refractivity contribution in [3.05, 3.63) is 18.5 Å². The molecule has 2 rings (SSSR count). The molecular formula is C8H9IN4S. The van der Waals surface area contributed by atoms with Crippen LogP contribution in [0.3, 0.4) is 0 Å². The van der Waals surface area contributed by atoms with Crippen LogP contribution >= 0.6 is 34.4 Å². The van der Waals surface area contributed by atoms with Gasteiger partial charge in [-0.2, -0.15) is 0 Å². The van der Waals surface area contributed by atoms with Gasteiger partial charge in [0.15, 0.2) is 5.17 Å². The zero-order valence-electron chi connectivity index (χ0n) is 7.35. The zero-order valence-corrected chi connectivity index (χ0v) is 10.3. The average molecular weight is 320 g/mol. The highest BCUT2D eigenvalue weighted by Gasteiger charge is 2.18. The van der Waals surface area contributed by atoms with Crippen molar-refractivity contribution in [2.45, 2.75) is 5.25 Å². The molecule has 1 aromatic rings. The van der Waals surface area contributed by atoms with E-state index in [1.54, 1.807) is 30.2 Å². The minimum absolute atomic E-state index is 0.599. The summed E-state index contributed by atoms with van der Waals surface area (Å²) in [6, 6.07) is 1.79. The van der Waals surface area contributed by atoms with Crippen LogP contribution < -0.4 is 5.32 Å². The third-order valence-corrected chi connectivity index (χ3v) is 4.44. The summed E-state index contributed by atoms with van der Waals surface area (Å²) in [5.74, 6) is 0.618. The Morgan fingerprint density at radius 1 is 1.50 bits per heavy atom. The first-order chi connectivity index (χ1) is 6.88. The summed E-state index contributed by atoms with van der Waals surface area (Å²) in [5, 5.41) is 4.62. The van der Waals surface area contributed by atoms with Crippen LogP contribution in [-0.2, 0) is 0 Å². The molecule has 1 aliphatic rings. The van der Waals surface area contributed by atoms with Gasteiger partial charge in [-0.3, -0.25) is 4.99 Å². The molecule has 1 aromatic heterocycles. The Morgan fingerprint density at radius 3 is 2.93 bits per heavy atom. The van der Waals surface area contributed by atoms with Crippen LogP contribution in [-0.4, -0.2) is 31.4 Å². The lowest BCUT2D eigenvalue weighted by Gasteiger charge is -2.03. The normalized spacial score (nSPS) is 20.6. The number of thioether (sulfide) groups is 1. The van der Waals surface area contributed by atoms with Gasteiger partial charge in [0.1, 0.15) is 0 Å². The smallest absolute Gasteiger partial charge is 0.228 e. The van der Waals surface area contributed by atoms with Gasteiger partial charge in [-0.15, -0.1) is 0 Å². The van der Waals surface area contributed by atoms with Gasteiger partial charge < -0.3 is 5.32 Å².